The third-order valence-corrected chi connectivity index (χ3v) is 3.42. The number of carbonyl (C=O) groups excluding carboxylic acids is 1. The van der Waals surface area contributed by atoms with Gasteiger partial charge in [-0.1, -0.05) is 29.3 Å². The van der Waals surface area contributed by atoms with Crippen LogP contribution in [0.3, 0.4) is 0 Å². The van der Waals surface area contributed by atoms with Gasteiger partial charge in [0.25, 0.3) is 5.91 Å². The van der Waals surface area contributed by atoms with Gasteiger partial charge in [0.2, 0.25) is 0 Å². The average Bonchev–Trinajstić information content (AvgIpc) is 2.48. The van der Waals surface area contributed by atoms with E-state index in [1.165, 1.54) is 18.2 Å². The quantitative estimate of drug-likeness (QED) is 0.643. The zero-order chi connectivity index (χ0) is 17.0. The fourth-order valence-electron chi connectivity index (χ4n) is 1.81. The number of nitrogens with one attached hydrogen (secondary N) is 1. The molecule has 0 spiro atoms. The average molecular weight is 355 g/mol. The van der Waals surface area contributed by atoms with Crippen LogP contribution in [0.5, 0.6) is 5.75 Å². The van der Waals surface area contributed by atoms with Gasteiger partial charge in [-0.3, -0.25) is 14.9 Å². The second-order valence-electron chi connectivity index (χ2n) is 4.69. The Balaban J connectivity index is 2.05. The lowest BCUT2D eigenvalue weighted by atomic mass is 10.2. The molecule has 0 aromatic heterocycles. The van der Waals surface area contributed by atoms with Gasteiger partial charge in [0.05, 0.1) is 15.6 Å². The van der Waals surface area contributed by atoms with Crippen molar-refractivity contribution in [1.82, 2.24) is 0 Å². The summed E-state index contributed by atoms with van der Waals surface area (Å²) in [7, 11) is 0. The third-order valence-electron chi connectivity index (χ3n) is 2.88. The molecule has 2 aromatic rings. The van der Waals surface area contributed by atoms with E-state index in [2.05, 4.69) is 5.32 Å². The van der Waals surface area contributed by atoms with Crippen LogP contribution < -0.4 is 10.1 Å². The van der Waals surface area contributed by atoms with Gasteiger partial charge in [0.1, 0.15) is 0 Å². The van der Waals surface area contributed by atoms with E-state index >= 15 is 0 Å². The number of hydrogen-bond donors (Lipinski definition) is 1. The minimum Gasteiger partial charge on any atom is -0.477 e. The summed E-state index contributed by atoms with van der Waals surface area (Å²) in [5.41, 5.74) is 0.961. The fraction of sp³-hybridized carbons (Fsp3) is 0.133. The number of halogens is 2. The van der Waals surface area contributed by atoms with Crippen molar-refractivity contribution in [3.8, 4) is 5.75 Å². The Hall–Kier alpha value is -2.31. The molecule has 0 aliphatic heterocycles. The number of benzene rings is 2. The van der Waals surface area contributed by atoms with E-state index in [9.17, 15) is 14.9 Å². The molecular formula is C15H12Cl2N2O4. The van der Waals surface area contributed by atoms with Crippen LogP contribution >= 0.6 is 23.2 Å². The van der Waals surface area contributed by atoms with Crippen molar-refractivity contribution in [2.24, 2.45) is 0 Å². The van der Waals surface area contributed by atoms with Crippen molar-refractivity contribution < 1.29 is 14.5 Å². The molecule has 2 rings (SSSR count). The van der Waals surface area contributed by atoms with Crippen LogP contribution in [0.2, 0.25) is 10.0 Å². The van der Waals surface area contributed by atoms with Crippen LogP contribution in [0.15, 0.2) is 36.4 Å². The summed E-state index contributed by atoms with van der Waals surface area (Å²) in [6.07, 6.45) is 0. The Morgan fingerprint density at radius 1 is 1.26 bits per heavy atom. The molecule has 0 radical (unpaired) electrons. The monoisotopic (exact) mass is 354 g/mol. The first-order valence-corrected chi connectivity index (χ1v) is 7.25. The van der Waals surface area contributed by atoms with Crippen molar-refractivity contribution in [2.75, 3.05) is 11.9 Å². The number of rotatable bonds is 5. The molecule has 0 saturated heterocycles. The van der Waals surface area contributed by atoms with Gasteiger partial charge >= 0.3 is 5.69 Å². The number of nitro groups is 1. The van der Waals surface area contributed by atoms with Crippen molar-refractivity contribution >= 4 is 40.5 Å². The smallest absolute Gasteiger partial charge is 0.310 e. The molecule has 0 aliphatic carbocycles. The highest BCUT2D eigenvalue weighted by Crippen LogP contribution is 2.28. The molecule has 0 aliphatic rings. The highest BCUT2D eigenvalue weighted by Gasteiger charge is 2.16. The van der Waals surface area contributed by atoms with E-state index in [0.717, 1.165) is 5.56 Å². The molecule has 2 aromatic carbocycles. The SMILES string of the molecule is Cc1ccc([N+](=O)[O-])c(OCC(=O)Nc2ccc(Cl)cc2Cl)c1. The maximum Gasteiger partial charge on any atom is 0.310 e. The van der Waals surface area contributed by atoms with E-state index in [1.807, 2.05) is 0 Å². The van der Waals surface area contributed by atoms with Gasteiger partial charge in [-0.2, -0.15) is 0 Å². The molecule has 120 valence electrons. The summed E-state index contributed by atoms with van der Waals surface area (Å²) in [6.45, 7) is 1.38. The molecule has 0 unspecified atom stereocenters. The van der Waals surface area contributed by atoms with Crippen LogP contribution in [0.1, 0.15) is 5.56 Å². The number of nitro benzene ring substituents is 1. The summed E-state index contributed by atoms with van der Waals surface area (Å²) < 4.78 is 5.25. The maximum atomic E-state index is 11.9. The van der Waals surface area contributed by atoms with Gasteiger partial charge < -0.3 is 10.1 Å². The van der Waals surface area contributed by atoms with Crippen LogP contribution in [-0.2, 0) is 4.79 Å². The number of ether oxygens (including phenoxy) is 1. The number of carbonyl (C=O) groups is 1. The maximum absolute atomic E-state index is 11.9. The van der Waals surface area contributed by atoms with Crippen LogP contribution in [-0.4, -0.2) is 17.4 Å². The molecule has 0 saturated carbocycles. The van der Waals surface area contributed by atoms with Crippen molar-refractivity contribution in [3.63, 3.8) is 0 Å². The first kappa shape index (κ1) is 17.1. The molecule has 0 fully saturated rings. The lowest BCUT2D eigenvalue weighted by Crippen LogP contribution is -2.20. The number of anilines is 1. The van der Waals surface area contributed by atoms with Gasteiger partial charge in [-0.05, 0) is 36.8 Å². The largest absolute Gasteiger partial charge is 0.477 e. The molecule has 0 bridgehead atoms. The molecule has 8 heteroatoms. The highest BCUT2D eigenvalue weighted by atomic mass is 35.5. The van der Waals surface area contributed by atoms with E-state index in [-0.39, 0.29) is 23.1 Å². The summed E-state index contributed by atoms with van der Waals surface area (Å²) >= 11 is 11.7. The molecule has 1 N–H and O–H groups in total. The Labute approximate surface area is 142 Å². The summed E-state index contributed by atoms with van der Waals surface area (Å²) in [6, 6.07) is 9.05. The number of amides is 1. The number of hydrogen-bond acceptors (Lipinski definition) is 4. The molecular weight excluding hydrogens is 343 g/mol. The topological polar surface area (TPSA) is 81.5 Å². The van der Waals surface area contributed by atoms with Crippen molar-refractivity contribution in [2.45, 2.75) is 6.92 Å². The predicted octanol–water partition coefficient (Wildman–Crippen LogP) is 4.23. The zero-order valence-corrected chi connectivity index (χ0v) is 13.5. The number of nitrogens with zero attached hydrogens (tertiary/aromatic N) is 1. The third kappa shape index (κ3) is 4.58. The standard InChI is InChI=1S/C15H12Cl2N2O4/c1-9-2-5-13(19(21)22)14(6-9)23-8-15(20)18-12-4-3-10(16)7-11(12)17/h2-7H,8H2,1H3,(H,18,20). The normalized spacial score (nSPS) is 10.2. The van der Waals surface area contributed by atoms with Crippen LogP contribution in [0.4, 0.5) is 11.4 Å². The van der Waals surface area contributed by atoms with E-state index < -0.39 is 10.8 Å². The van der Waals surface area contributed by atoms with E-state index in [4.69, 9.17) is 27.9 Å². The molecule has 23 heavy (non-hydrogen) atoms. The van der Waals surface area contributed by atoms with E-state index in [1.54, 1.807) is 25.1 Å². The Morgan fingerprint density at radius 2 is 2.00 bits per heavy atom. The van der Waals surface area contributed by atoms with Crippen molar-refractivity contribution in [3.05, 3.63) is 62.1 Å². The molecule has 6 nitrogen and oxygen atoms in total. The van der Waals surface area contributed by atoms with Gasteiger partial charge in [0.15, 0.2) is 12.4 Å². The second kappa shape index (κ2) is 7.30. The fourth-order valence-corrected chi connectivity index (χ4v) is 2.26. The second-order valence-corrected chi connectivity index (χ2v) is 5.53. The highest BCUT2D eigenvalue weighted by molar-refractivity contribution is 6.36. The number of aryl methyl sites for hydroxylation is 1. The molecule has 0 atom stereocenters. The van der Waals surface area contributed by atoms with Gasteiger partial charge in [-0.15, -0.1) is 0 Å². The predicted molar refractivity (Wildman–Crippen MR) is 88.4 cm³/mol. The molecule has 0 heterocycles. The van der Waals surface area contributed by atoms with Crippen LogP contribution in [0.25, 0.3) is 0 Å². The van der Waals surface area contributed by atoms with E-state index in [0.29, 0.717) is 10.7 Å². The zero-order valence-electron chi connectivity index (χ0n) is 12.0. The lowest BCUT2D eigenvalue weighted by Gasteiger charge is -2.09. The summed E-state index contributed by atoms with van der Waals surface area (Å²) in [5.74, 6) is -0.461. The Morgan fingerprint density at radius 3 is 2.65 bits per heavy atom. The first-order valence-electron chi connectivity index (χ1n) is 6.49. The Kier molecular flexibility index (Phi) is 5.41. The summed E-state index contributed by atoms with van der Waals surface area (Å²) in [5, 5.41) is 14.2. The molecule has 1 amide bonds. The van der Waals surface area contributed by atoms with Crippen LogP contribution in [0, 0.1) is 17.0 Å². The summed E-state index contributed by atoms with van der Waals surface area (Å²) in [4.78, 5) is 22.3. The van der Waals surface area contributed by atoms with Crippen molar-refractivity contribution in [1.29, 1.82) is 0 Å². The van der Waals surface area contributed by atoms with Gasteiger partial charge in [0, 0.05) is 11.1 Å². The lowest BCUT2D eigenvalue weighted by molar-refractivity contribution is -0.385. The Bertz CT molecular complexity index is 765. The van der Waals surface area contributed by atoms with Gasteiger partial charge in [-0.25, -0.2) is 0 Å². The minimum absolute atomic E-state index is 0.0346. The first-order chi connectivity index (χ1) is 10.9. The minimum atomic E-state index is -0.567.